The number of carbonyl (C=O) groups excluding carboxylic acids is 1. The van der Waals surface area contributed by atoms with E-state index in [-0.39, 0.29) is 16.9 Å². The Kier molecular flexibility index (Phi) is 4.91. The lowest BCUT2D eigenvalue weighted by Crippen LogP contribution is -2.55. The number of hydrogen-bond acceptors (Lipinski definition) is 3. The molecule has 0 unspecified atom stereocenters. The van der Waals surface area contributed by atoms with E-state index in [0.717, 1.165) is 25.5 Å². The fraction of sp³-hybridized carbons (Fsp3) is 0.571. The minimum absolute atomic E-state index is 0.00348. The molecule has 0 aliphatic heterocycles. The predicted molar refractivity (Wildman–Crippen MR) is 94.8 cm³/mol. The van der Waals surface area contributed by atoms with Gasteiger partial charge in [-0.1, -0.05) is 50.3 Å². The zero-order valence-electron chi connectivity index (χ0n) is 16.0. The summed E-state index contributed by atoms with van der Waals surface area (Å²) in [4.78, 5) is 12.9. The molecule has 1 aromatic rings. The fourth-order valence-electron chi connectivity index (χ4n) is 4.49. The first-order chi connectivity index (χ1) is 12.6. The van der Waals surface area contributed by atoms with E-state index in [4.69, 9.17) is 9.47 Å². The molecule has 0 heterocycles. The van der Waals surface area contributed by atoms with Crippen LogP contribution in [0.25, 0.3) is 0 Å². The second-order valence-electron chi connectivity index (χ2n) is 8.12. The molecule has 27 heavy (non-hydrogen) atoms. The Morgan fingerprint density at radius 1 is 1.19 bits per heavy atom. The topological polar surface area (TPSA) is 35.5 Å². The van der Waals surface area contributed by atoms with Gasteiger partial charge in [0.1, 0.15) is 6.10 Å². The van der Waals surface area contributed by atoms with Crippen LogP contribution >= 0.6 is 0 Å². The van der Waals surface area contributed by atoms with Crippen molar-refractivity contribution in [3.8, 4) is 0 Å². The molecule has 1 aromatic carbocycles. The predicted octanol–water partition coefficient (Wildman–Crippen LogP) is 5.01. The number of esters is 1. The van der Waals surface area contributed by atoms with E-state index in [1.54, 1.807) is 6.07 Å². The van der Waals surface area contributed by atoms with Crippen LogP contribution in [0, 0.1) is 17.3 Å². The number of fused-ring (bicyclic) bond motifs is 2. The van der Waals surface area contributed by atoms with Crippen molar-refractivity contribution in [3.05, 3.63) is 47.5 Å². The quantitative estimate of drug-likeness (QED) is 0.542. The number of benzene rings is 1. The van der Waals surface area contributed by atoms with Crippen LogP contribution < -0.4 is 0 Å². The summed E-state index contributed by atoms with van der Waals surface area (Å²) in [7, 11) is 0.890. The fourth-order valence-corrected chi connectivity index (χ4v) is 4.49. The maximum Gasteiger partial charge on any atom is 0.432 e. The SMILES string of the molecule is CO[C@](C(=O)O[C@@H]1C(C)=CC[C@H]2C[C@H]1C2(C)C)(c1ccccc1)C(F)(F)F. The number of alkyl halides is 3. The summed E-state index contributed by atoms with van der Waals surface area (Å²) in [6.45, 7) is 5.99. The molecular weight excluding hydrogens is 357 g/mol. The van der Waals surface area contributed by atoms with Gasteiger partial charge in [-0.05, 0) is 36.7 Å². The van der Waals surface area contributed by atoms with Gasteiger partial charge in [-0.15, -0.1) is 0 Å². The molecule has 0 saturated heterocycles. The average Bonchev–Trinajstić information content (AvgIpc) is 2.81. The number of allylic oxidation sites excluding steroid dienone is 1. The number of rotatable bonds is 4. The normalized spacial score (nSPS) is 29.0. The van der Waals surface area contributed by atoms with Gasteiger partial charge in [0.25, 0.3) is 5.60 Å². The van der Waals surface area contributed by atoms with Crippen LogP contribution in [-0.2, 0) is 19.9 Å². The molecule has 3 aliphatic rings. The van der Waals surface area contributed by atoms with Crippen molar-refractivity contribution in [2.75, 3.05) is 7.11 Å². The molecule has 6 heteroatoms. The van der Waals surface area contributed by atoms with Crippen LogP contribution in [0.3, 0.4) is 0 Å². The van der Waals surface area contributed by atoms with Crippen molar-refractivity contribution in [3.63, 3.8) is 0 Å². The largest absolute Gasteiger partial charge is 0.455 e. The molecular formula is C21H25F3O3. The highest BCUT2D eigenvalue weighted by atomic mass is 19.4. The zero-order chi connectivity index (χ0) is 20.0. The number of carbonyl (C=O) groups is 1. The van der Waals surface area contributed by atoms with Gasteiger partial charge < -0.3 is 9.47 Å². The minimum Gasteiger partial charge on any atom is -0.455 e. The number of hydrogen-bond donors (Lipinski definition) is 0. The zero-order valence-corrected chi connectivity index (χ0v) is 16.0. The molecule has 148 valence electrons. The Labute approximate surface area is 157 Å². The van der Waals surface area contributed by atoms with E-state index in [1.165, 1.54) is 24.3 Å². The third-order valence-electron chi connectivity index (χ3n) is 6.49. The van der Waals surface area contributed by atoms with Gasteiger partial charge in [-0.25, -0.2) is 4.79 Å². The van der Waals surface area contributed by atoms with Gasteiger partial charge in [-0.2, -0.15) is 13.2 Å². The highest BCUT2D eigenvalue weighted by Gasteiger charge is 2.65. The molecule has 0 N–H and O–H groups in total. The molecule has 4 rings (SSSR count). The molecule has 0 amide bonds. The van der Waals surface area contributed by atoms with Crippen molar-refractivity contribution < 1.29 is 27.4 Å². The number of methoxy groups -OCH3 is 1. The molecule has 2 bridgehead atoms. The van der Waals surface area contributed by atoms with Gasteiger partial charge in [0.05, 0.1) is 0 Å². The smallest absolute Gasteiger partial charge is 0.432 e. The lowest BCUT2D eigenvalue weighted by atomic mass is 9.53. The lowest BCUT2D eigenvalue weighted by Gasteiger charge is -2.53. The summed E-state index contributed by atoms with van der Waals surface area (Å²) in [6.07, 6.45) is -1.94. The molecule has 1 saturated carbocycles. The Balaban J connectivity index is 1.98. The summed E-state index contributed by atoms with van der Waals surface area (Å²) < 4.78 is 52.6. The van der Waals surface area contributed by atoms with Gasteiger partial charge >= 0.3 is 12.1 Å². The first-order valence-electron chi connectivity index (χ1n) is 9.10. The molecule has 3 nitrogen and oxygen atoms in total. The van der Waals surface area contributed by atoms with Crippen LogP contribution in [0.15, 0.2) is 42.0 Å². The van der Waals surface area contributed by atoms with E-state index in [0.29, 0.717) is 5.92 Å². The van der Waals surface area contributed by atoms with Crippen LogP contribution in [0.5, 0.6) is 0 Å². The van der Waals surface area contributed by atoms with Crippen molar-refractivity contribution in [2.45, 2.75) is 51.5 Å². The maximum absolute atomic E-state index is 14.1. The van der Waals surface area contributed by atoms with Crippen LogP contribution in [0.4, 0.5) is 13.2 Å². The standard InChI is InChI=1S/C21H25F3O3/c1-13-10-11-15-12-16(19(15,2)3)17(13)27-18(25)20(26-4,21(22,23)24)14-8-6-5-7-9-14/h5-10,15-17H,11-12H2,1-4H3/t15-,16+,17+,20-/m0/s1. The van der Waals surface area contributed by atoms with Gasteiger partial charge in [0.2, 0.25) is 0 Å². The van der Waals surface area contributed by atoms with Crippen LogP contribution in [0.1, 0.15) is 39.2 Å². The summed E-state index contributed by atoms with van der Waals surface area (Å²) in [6, 6.07) is 6.94. The number of halogens is 3. The average molecular weight is 382 g/mol. The Bertz CT molecular complexity index is 739. The third kappa shape index (κ3) is 2.98. The van der Waals surface area contributed by atoms with E-state index in [9.17, 15) is 18.0 Å². The monoisotopic (exact) mass is 382 g/mol. The summed E-state index contributed by atoms with van der Waals surface area (Å²) >= 11 is 0. The Morgan fingerprint density at radius 3 is 2.33 bits per heavy atom. The summed E-state index contributed by atoms with van der Waals surface area (Å²) in [5, 5.41) is 0. The highest BCUT2D eigenvalue weighted by molar-refractivity contribution is 5.83. The molecule has 4 atom stereocenters. The van der Waals surface area contributed by atoms with Gasteiger partial charge in [0, 0.05) is 18.6 Å². The molecule has 0 radical (unpaired) electrons. The molecule has 3 aliphatic carbocycles. The lowest BCUT2D eigenvalue weighted by molar-refractivity contribution is -0.279. The maximum atomic E-state index is 14.1. The second kappa shape index (κ2) is 6.66. The molecule has 0 aromatic heterocycles. The van der Waals surface area contributed by atoms with Gasteiger partial charge in [-0.3, -0.25) is 0 Å². The highest BCUT2D eigenvalue weighted by Crippen LogP contribution is 2.58. The Morgan fingerprint density at radius 2 is 1.81 bits per heavy atom. The Hall–Kier alpha value is -1.82. The van der Waals surface area contributed by atoms with Crippen LogP contribution in [-0.4, -0.2) is 25.4 Å². The van der Waals surface area contributed by atoms with Gasteiger partial charge in [0.15, 0.2) is 0 Å². The van der Waals surface area contributed by atoms with E-state index in [2.05, 4.69) is 13.8 Å². The second-order valence-corrected chi connectivity index (χ2v) is 8.12. The summed E-state index contributed by atoms with van der Waals surface area (Å²) in [5.74, 6) is -0.948. The third-order valence-corrected chi connectivity index (χ3v) is 6.49. The number of ether oxygens (including phenoxy) is 2. The minimum atomic E-state index is -4.96. The van der Waals surface area contributed by atoms with Crippen molar-refractivity contribution in [1.82, 2.24) is 0 Å². The van der Waals surface area contributed by atoms with E-state index < -0.39 is 23.9 Å². The van der Waals surface area contributed by atoms with E-state index in [1.807, 2.05) is 13.0 Å². The van der Waals surface area contributed by atoms with Crippen molar-refractivity contribution >= 4 is 5.97 Å². The first-order valence-corrected chi connectivity index (χ1v) is 9.10. The van der Waals surface area contributed by atoms with Crippen molar-refractivity contribution in [1.29, 1.82) is 0 Å². The van der Waals surface area contributed by atoms with Crippen molar-refractivity contribution in [2.24, 2.45) is 17.3 Å². The first kappa shape index (κ1) is 19.9. The molecule has 0 spiro atoms. The summed E-state index contributed by atoms with van der Waals surface area (Å²) in [5.41, 5.74) is -2.71. The van der Waals surface area contributed by atoms with Crippen LogP contribution in [0.2, 0.25) is 0 Å². The molecule has 1 fully saturated rings. The van der Waals surface area contributed by atoms with E-state index >= 15 is 0 Å².